The molecule has 0 saturated heterocycles. The predicted octanol–water partition coefficient (Wildman–Crippen LogP) is 5.54. The Morgan fingerprint density at radius 3 is 1.50 bits per heavy atom. The molecule has 0 fully saturated rings. The minimum Gasteiger partial charge on any atom is -0.508 e. The van der Waals surface area contributed by atoms with Gasteiger partial charge in [0, 0.05) is 6.61 Å². The number of hydrogen-bond donors (Lipinski definition) is 1. The van der Waals surface area contributed by atoms with Crippen LogP contribution in [-0.4, -0.2) is 70.5 Å². The Balaban J connectivity index is 1.71. The Morgan fingerprint density at radius 2 is 1.00 bits per heavy atom. The van der Waals surface area contributed by atoms with Crippen molar-refractivity contribution in [1.82, 2.24) is 0 Å². The van der Waals surface area contributed by atoms with Gasteiger partial charge < -0.3 is 28.8 Å². The fourth-order valence-electron chi connectivity index (χ4n) is 3.33. The van der Waals surface area contributed by atoms with Gasteiger partial charge in [-0.3, -0.25) is 0 Å². The zero-order valence-electron chi connectivity index (χ0n) is 21.1. The average Bonchev–Trinajstić information content (AvgIpc) is 2.84. The van der Waals surface area contributed by atoms with E-state index in [1.165, 1.54) is 82.1 Å². The largest absolute Gasteiger partial charge is 0.508 e. The summed E-state index contributed by atoms with van der Waals surface area (Å²) in [6, 6.07) is 5.92. The number of carbonyl (C=O) groups excluding carboxylic acids is 1. The number of unbranched alkanes of at least 4 members (excludes halogenated alkanes) is 9. The summed E-state index contributed by atoms with van der Waals surface area (Å²) in [5.74, 6) is -0.331. The molecule has 7 nitrogen and oxygen atoms in total. The van der Waals surface area contributed by atoms with E-state index < -0.39 is 5.97 Å². The summed E-state index contributed by atoms with van der Waals surface area (Å²) in [6.07, 6.45) is 13.3. The molecule has 0 unspecified atom stereocenters. The highest BCUT2D eigenvalue weighted by Crippen LogP contribution is 2.11. The van der Waals surface area contributed by atoms with Crippen molar-refractivity contribution in [2.24, 2.45) is 0 Å². The number of benzene rings is 1. The van der Waals surface area contributed by atoms with Crippen molar-refractivity contribution in [3.63, 3.8) is 0 Å². The molecule has 0 aliphatic rings. The number of phenolic OH excluding ortho intramolecular Hbond substituents is 1. The SMILES string of the molecule is CCCCCCCCCCCCOCCOCCOCCOCCOC(=O)c1ccc(O)cc1. The van der Waals surface area contributed by atoms with E-state index in [9.17, 15) is 9.90 Å². The van der Waals surface area contributed by atoms with Crippen LogP contribution in [0.1, 0.15) is 81.5 Å². The molecule has 0 heterocycles. The van der Waals surface area contributed by atoms with Gasteiger partial charge in [-0.25, -0.2) is 4.79 Å². The number of phenols is 1. The van der Waals surface area contributed by atoms with Gasteiger partial charge in [0.2, 0.25) is 0 Å². The van der Waals surface area contributed by atoms with E-state index in [4.69, 9.17) is 23.7 Å². The van der Waals surface area contributed by atoms with E-state index in [0.29, 0.717) is 51.8 Å². The Kier molecular flexibility index (Phi) is 20.6. The first-order chi connectivity index (χ1) is 16.7. The Morgan fingerprint density at radius 1 is 0.588 bits per heavy atom. The summed E-state index contributed by atoms with van der Waals surface area (Å²) >= 11 is 0. The van der Waals surface area contributed by atoms with Crippen LogP contribution in [0.25, 0.3) is 0 Å². The van der Waals surface area contributed by atoms with Crippen LogP contribution in [0.3, 0.4) is 0 Å². The lowest BCUT2D eigenvalue weighted by Crippen LogP contribution is -2.14. The summed E-state index contributed by atoms with van der Waals surface area (Å²) < 4.78 is 27.0. The third kappa shape index (κ3) is 18.7. The molecule has 1 aromatic carbocycles. The predicted molar refractivity (Wildman–Crippen MR) is 134 cm³/mol. The highest BCUT2D eigenvalue weighted by Gasteiger charge is 2.06. The molecular formula is C27H46O7. The lowest BCUT2D eigenvalue weighted by atomic mass is 10.1. The van der Waals surface area contributed by atoms with Gasteiger partial charge in [-0.1, -0.05) is 64.7 Å². The zero-order chi connectivity index (χ0) is 24.5. The molecule has 1 rings (SSSR count). The fourth-order valence-corrected chi connectivity index (χ4v) is 3.33. The molecule has 0 aromatic heterocycles. The summed E-state index contributed by atoms with van der Waals surface area (Å²) in [4.78, 5) is 11.8. The van der Waals surface area contributed by atoms with E-state index in [2.05, 4.69) is 6.92 Å². The van der Waals surface area contributed by atoms with Crippen LogP contribution in [0.2, 0.25) is 0 Å². The van der Waals surface area contributed by atoms with Crippen molar-refractivity contribution < 1.29 is 33.6 Å². The molecular weight excluding hydrogens is 436 g/mol. The maximum atomic E-state index is 11.8. The van der Waals surface area contributed by atoms with Gasteiger partial charge in [0.1, 0.15) is 12.4 Å². The van der Waals surface area contributed by atoms with E-state index in [0.717, 1.165) is 13.0 Å². The lowest BCUT2D eigenvalue weighted by molar-refractivity contribution is -0.00913. The van der Waals surface area contributed by atoms with E-state index >= 15 is 0 Å². The highest BCUT2D eigenvalue weighted by molar-refractivity contribution is 5.89. The molecule has 0 aliphatic carbocycles. The standard InChI is InChI=1S/C27H46O7/c1-2-3-4-5-6-7-8-9-10-11-16-30-17-18-31-19-20-32-21-22-33-23-24-34-27(29)25-12-14-26(28)15-13-25/h12-15,28H,2-11,16-24H2,1H3. The normalized spacial score (nSPS) is 11.1. The van der Waals surface area contributed by atoms with Gasteiger partial charge in [-0.05, 0) is 30.7 Å². The van der Waals surface area contributed by atoms with Crippen molar-refractivity contribution in [3.05, 3.63) is 29.8 Å². The molecule has 0 bridgehead atoms. The smallest absolute Gasteiger partial charge is 0.338 e. The van der Waals surface area contributed by atoms with Gasteiger partial charge >= 0.3 is 5.97 Å². The number of ether oxygens (including phenoxy) is 5. The van der Waals surface area contributed by atoms with Gasteiger partial charge in [-0.15, -0.1) is 0 Å². The first-order valence-electron chi connectivity index (χ1n) is 13.0. The minimum absolute atomic E-state index is 0.109. The molecule has 34 heavy (non-hydrogen) atoms. The molecule has 7 heteroatoms. The lowest BCUT2D eigenvalue weighted by Gasteiger charge is -2.08. The molecule has 0 aliphatic heterocycles. The fraction of sp³-hybridized carbons (Fsp3) is 0.741. The van der Waals surface area contributed by atoms with Crippen LogP contribution in [0, 0.1) is 0 Å². The Hall–Kier alpha value is -1.67. The number of rotatable bonds is 24. The summed E-state index contributed by atoms with van der Waals surface area (Å²) in [5, 5.41) is 9.21. The monoisotopic (exact) mass is 482 g/mol. The first-order valence-corrected chi connectivity index (χ1v) is 13.0. The number of aromatic hydroxyl groups is 1. The molecule has 0 radical (unpaired) electrons. The number of hydrogen-bond acceptors (Lipinski definition) is 7. The molecule has 196 valence electrons. The summed E-state index contributed by atoms with van der Waals surface area (Å²) in [7, 11) is 0. The van der Waals surface area contributed by atoms with E-state index in [1.54, 1.807) is 0 Å². The van der Waals surface area contributed by atoms with Crippen LogP contribution in [0.4, 0.5) is 0 Å². The second kappa shape index (κ2) is 23.1. The Bertz CT molecular complexity index is 577. The van der Waals surface area contributed by atoms with Crippen molar-refractivity contribution in [2.45, 2.75) is 71.1 Å². The highest BCUT2D eigenvalue weighted by atomic mass is 16.6. The minimum atomic E-state index is -0.440. The third-order valence-electron chi connectivity index (χ3n) is 5.32. The topological polar surface area (TPSA) is 83.5 Å². The second-order valence-electron chi connectivity index (χ2n) is 8.31. The molecule has 1 N–H and O–H groups in total. The average molecular weight is 483 g/mol. The third-order valence-corrected chi connectivity index (χ3v) is 5.32. The van der Waals surface area contributed by atoms with Crippen molar-refractivity contribution in [2.75, 3.05) is 59.5 Å². The van der Waals surface area contributed by atoms with E-state index in [1.807, 2.05) is 0 Å². The van der Waals surface area contributed by atoms with Crippen LogP contribution >= 0.6 is 0 Å². The number of carbonyl (C=O) groups is 1. The molecule has 0 amide bonds. The van der Waals surface area contributed by atoms with Gasteiger partial charge in [-0.2, -0.15) is 0 Å². The van der Waals surface area contributed by atoms with Crippen LogP contribution in [-0.2, 0) is 23.7 Å². The Labute approximate surface area is 206 Å². The van der Waals surface area contributed by atoms with Gasteiger partial charge in [0.15, 0.2) is 0 Å². The van der Waals surface area contributed by atoms with Crippen LogP contribution in [0.5, 0.6) is 5.75 Å². The van der Waals surface area contributed by atoms with Gasteiger partial charge in [0.05, 0.1) is 51.8 Å². The second-order valence-corrected chi connectivity index (χ2v) is 8.31. The first kappa shape index (κ1) is 30.4. The zero-order valence-corrected chi connectivity index (χ0v) is 21.1. The number of esters is 1. The maximum absolute atomic E-state index is 11.8. The van der Waals surface area contributed by atoms with Crippen LogP contribution in [0.15, 0.2) is 24.3 Å². The van der Waals surface area contributed by atoms with Crippen LogP contribution < -0.4 is 0 Å². The summed E-state index contributed by atoms with van der Waals surface area (Å²) in [5.41, 5.74) is 0.394. The molecule has 0 saturated carbocycles. The summed E-state index contributed by atoms with van der Waals surface area (Å²) in [6.45, 7) is 6.71. The van der Waals surface area contributed by atoms with Crippen molar-refractivity contribution in [1.29, 1.82) is 0 Å². The van der Waals surface area contributed by atoms with Crippen molar-refractivity contribution in [3.8, 4) is 5.75 Å². The van der Waals surface area contributed by atoms with Gasteiger partial charge in [0.25, 0.3) is 0 Å². The van der Waals surface area contributed by atoms with Crippen molar-refractivity contribution >= 4 is 5.97 Å². The van der Waals surface area contributed by atoms with E-state index in [-0.39, 0.29) is 12.4 Å². The molecule has 0 spiro atoms. The maximum Gasteiger partial charge on any atom is 0.338 e. The molecule has 1 aromatic rings. The molecule has 0 atom stereocenters. The quantitative estimate of drug-likeness (QED) is 0.153.